The van der Waals surface area contributed by atoms with Crippen LogP contribution in [0.1, 0.15) is 60.1 Å². The minimum atomic E-state index is 0.350. The van der Waals surface area contributed by atoms with Gasteiger partial charge in [-0.3, -0.25) is 9.88 Å². The van der Waals surface area contributed by atoms with Gasteiger partial charge >= 0.3 is 0 Å². The molecule has 2 heterocycles. The molecule has 0 amide bonds. The fourth-order valence-corrected chi connectivity index (χ4v) is 4.44. The van der Waals surface area contributed by atoms with Crippen molar-refractivity contribution >= 4 is 0 Å². The smallest absolute Gasteiger partial charge is 0.0543 e. The Morgan fingerprint density at radius 3 is 2.00 bits per heavy atom. The second-order valence-electron chi connectivity index (χ2n) is 8.68. The van der Waals surface area contributed by atoms with E-state index in [0.717, 1.165) is 6.54 Å². The highest BCUT2D eigenvalue weighted by atomic mass is 15.1. The second-order valence-corrected chi connectivity index (χ2v) is 8.68. The van der Waals surface area contributed by atoms with Crippen LogP contribution >= 0.6 is 0 Å². The van der Waals surface area contributed by atoms with Crippen LogP contribution in [-0.4, -0.2) is 23.0 Å². The molecule has 2 rings (SSSR count). The first kappa shape index (κ1) is 16.5. The zero-order valence-electron chi connectivity index (χ0n) is 14.7. The van der Waals surface area contributed by atoms with Crippen LogP contribution in [0.5, 0.6) is 0 Å². The van der Waals surface area contributed by atoms with E-state index in [1.54, 1.807) is 0 Å². The molecule has 0 atom stereocenters. The molecule has 1 aromatic rings. The van der Waals surface area contributed by atoms with Gasteiger partial charge in [-0.25, -0.2) is 0 Å². The zero-order valence-corrected chi connectivity index (χ0v) is 14.7. The molecule has 0 bridgehead atoms. The Kier molecular flexibility index (Phi) is 4.49. The van der Waals surface area contributed by atoms with Gasteiger partial charge in [-0.2, -0.15) is 0 Å². The molecular weight excluding hydrogens is 256 g/mol. The summed E-state index contributed by atoms with van der Waals surface area (Å²) in [6.45, 7) is 17.9. The Morgan fingerprint density at radius 2 is 1.57 bits per heavy atom. The number of pyridine rings is 1. The second kappa shape index (κ2) is 5.72. The molecular formula is C19H32N2. The van der Waals surface area contributed by atoms with Gasteiger partial charge in [-0.05, 0) is 54.3 Å². The average Bonchev–Trinajstić information content (AvgIpc) is 2.38. The molecule has 1 aliphatic heterocycles. The van der Waals surface area contributed by atoms with E-state index in [1.165, 1.54) is 31.6 Å². The maximum absolute atomic E-state index is 4.47. The maximum atomic E-state index is 4.47. The molecule has 0 saturated carbocycles. The maximum Gasteiger partial charge on any atom is 0.0543 e. The van der Waals surface area contributed by atoms with Gasteiger partial charge in [0, 0.05) is 12.7 Å². The molecule has 118 valence electrons. The van der Waals surface area contributed by atoms with Gasteiger partial charge in [0.15, 0.2) is 0 Å². The van der Waals surface area contributed by atoms with Crippen molar-refractivity contribution in [2.45, 2.75) is 60.9 Å². The van der Waals surface area contributed by atoms with E-state index in [4.69, 9.17) is 0 Å². The predicted molar refractivity (Wildman–Crippen MR) is 90.1 cm³/mol. The van der Waals surface area contributed by atoms with E-state index >= 15 is 0 Å². The quantitative estimate of drug-likeness (QED) is 0.780. The molecule has 0 N–H and O–H groups in total. The number of nitrogens with zero attached hydrogens (tertiary/aromatic N) is 2. The summed E-state index contributed by atoms with van der Waals surface area (Å²) >= 11 is 0. The van der Waals surface area contributed by atoms with Crippen molar-refractivity contribution in [3.63, 3.8) is 0 Å². The highest BCUT2D eigenvalue weighted by Gasteiger charge is 2.51. The minimum Gasteiger partial charge on any atom is -0.297 e. The molecule has 1 fully saturated rings. The number of piperidine rings is 1. The topological polar surface area (TPSA) is 16.1 Å². The standard InChI is InChI=1S/C19H32N2/c1-17(2,3)19(18(4,5)6)10-13-21(14-11-19)15-16-9-7-8-12-20-16/h7-9,12H,10-11,13-15H2,1-6H3. The summed E-state index contributed by atoms with van der Waals surface area (Å²) in [5.41, 5.74) is 2.31. The van der Waals surface area contributed by atoms with Gasteiger partial charge in [-0.15, -0.1) is 0 Å². The van der Waals surface area contributed by atoms with E-state index in [2.05, 4.69) is 63.6 Å². The molecule has 2 nitrogen and oxygen atoms in total. The first-order valence-corrected chi connectivity index (χ1v) is 8.28. The van der Waals surface area contributed by atoms with Crippen molar-refractivity contribution in [1.82, 2.24) is 9.88 Å². The third kappa shape index (κ3) is 3.31. The van der Waals surface area contributed by atoms with Gasteiger partial charge in [0.1, 0.15) is 0 Å². The fraction of sp³-hybridized carbons (Fsp3) is 0.737. The fourth-order valence-electron chi connectivity index (χ4n) is 4.44. The van der Waals surface area contributed by atoms with Crippen LogP contribution in [0.3, 0.4) is 0 Å². The van der Waals surface area contributed by atoms with E-state index < -0.39 is 0 Å². The Hall–Kier alpha value is -0.890. The predicted octanol–water partition coefficient (Wildman–Crippen LogP) is 4.76. The van der Waals surface area contributed by atoms with Crippen LogP contribution < -0.4 is 0 Å². The Bertz CT molecular complexity index is 427. The molecule has 0 spiro atoms. The van der Waals surface area contributed by atoms with Gasteiger partial charge < -0.3 is 0 Å². The van der Waals surface area contributed by atoms with Crippen molar-refractivity contribution in [1.29, 1.82) is 0 Å². The van der Waals surface area contributed by atoms with Crippen molar-refractivity contribution in [2.75, 3.05) is 13.1 Å². The molecule has 0 unspecified atom stereocenters. The molecule has 0 aromatic carbocycles. The Balaban J connectivity index is 2.07. The summed E-state index contributed by atoms with van der Waals surface area (Å²) in [5, 5.41) is 0. The average molecular weight is 288 g/mol. The van der Waals surface area contributed by atoms with Gasteiger partial charge in [0.05, 0.1) is 5.69 Å². The lowest BCUT2D eigenvalue weighted by Gasteiger charge is -2.57. The SMILES string of the molecule is CC(C)(C)C1(C(C)(C)C)CCN(Cc2ccccn2)CC1. The first-order valence-electron chi connectivity index (χ1n) is 8.28. The van der Waals surface area contributed by atoms with Crippen LogP contribution in [0.25, 0.3) is 0 Å². The first-order chi connectivity index (χ1) is 9.66. The molecule has 1 aliphatic rings. The summed E-state index contributed by atoms with van der Waals surface area (Å²) in [6, 6.07) is 6.21. The molecule has 1 aromatic heterocycles. The summed E-state index contributed by atoms with van der Waals surface area (Å²) in [5.74, 6) is 0. The molecule has 0 radical (unpaired) electrons. The minimum absolute atomic E-state index is 0.350. The number of aromatic nitrogens is 1. The van der Waals surface area contributed by atoms with Crippen molar-refractivity contribution < 1.29 is 0 Å². The summed E-state index contributed by atoms with van der Waals surface area (Å²) in [4.78, 5) is 7.03. The van der Waals surface area contributed by atoms with E-state index in [1.807, 2.05) is 12.3 Å². The van der Waals surface area contributed by atoms with E-state index in [9.17, 15) is 0 Å². The van der Waals surface area contributed by atoms with Crippen LogP contribution in [0.2, 0.25) is 0 Å². The normalized spacial score (nSPS) is 20.5. The monoisotopic (exact) mass is 288 g/mol. The molecule has 1 saturated heterocycles. The van der Waals surface area contributed by atoms with Crippen LogP contribution in [-0.2, 0) is 6.54 Å². The van der Waals surface area contributed by atoms with Gasteiger partial charge in [-0.1, -0.05) is 47.6 Å². The number of rotatable bonds is 2. The lowest BCUT2D eigenvalue weighted by molar-refractivity contribution is -0.0829. The highest BCUT2D eigenvalue weighted by molar-refractivity contribution is 5.05. The van der Waals surface area contributed by atoms with Gasteiger partial charge in [0.25, 0.3) is 0 Å². The molecule has 0 aliphatic carbocycles. The number of hydrogen-bond donors (Lipinski definition) is 0. The van der Waals surface area contributed by atoms with Crippen molar-refractivity contribution in [3.05, 3.63) is 30.1 Å². The largest absolute Gasteiger partial charge is 0.297 e. The van der Waals surface area contributed by atoms with E-state index in [-0.39, 0.29) is 0 Å². The molecule has 2 heteroatoms. The Labute approximate surface area is 131 Å². The molecule has 21 heavy (non-hydrogen) atoms. The van der Waals surface area contributed by atoms with Crippen molar-refractivity contribution in [3.8, 4) is 0 Å². The summed E-state index contributed by atoms with van der Waals surface area (Å²) in [7, 11) is 0. The third-order valence-corrected chi connectivity index (χ3v) is 5.69. The van der Waals surface area contributed by atoms with Crippen molar-refractivity contribution in [2.24, 2.45) is 16.2 Å². The third-order valence-electron chi connectivity index (χ3n) is 5.69. The lowest BCUT2D eigenvalue weighted by atomic mass is 9.50. The van der Waals surface area contributed by atoms with Crippen LogP contribution in [0.4, 0.5) is 0 Å². The number of likely N-dealkylation sites (tertiary alicyclic amines) is 1. The summed E-state index contributed by atoms with van der Waals surface area (Å²) in [6.07, 6.45) is 4.47. The van der Waals surface area contributed by atoms with E-state index in [0.29, 0.717) is 16.2 Å². The Morgan fingerprint density at radius 1 is 1.00 bits per heavy atom. The van der Waals surface area contributed by atoms with Gasteiger partial charge in [0.2, 0.25) is 0 Å². The lowest BCUT2D eigenvalue weighted by Crippen LogP contribution is -2.53. The highest BCUT2D eigenvalue weighted by Crippen LogP contribution is 2.57. The number of hydrogen-bond acceptors (Lipinski definition) is 2. The zero-order chi connectivity index (χ0) is 15.7. The van der Waals surface area contributed by atoms with Crippen LogP contribution in [0.15, 0.2) is 24.4 Å². The van der Waals surface area contributed by atoms with Crippen LogP contribution in [0, 0.1) is 16.2 Å². The summed E-state index contributed by atoms with van der Waals surface area (Å²) < 4.78 is 0.